The van der Waals surface area contributed by atoms with Gasteiger partial charge in [0.1, 0.15) is 5.82 Å². The van der Waals surface area contributed by atoms with Gasteiger partial charge in [0.25, 0.3) is 5.91 Å². The molecule has 0 saturated heterocycles. The number of amides is 1. The van der Waals surface area contributed by atoms with Gasteiger partial charge >= 0.3 is 0 Å². The predicted octanol–water partition coefficient (Wildman–Crippen LogP) is 3.42. The number of nitrogens with one attached hydrogen (secondary N) is 2. The second-order valence-corrected chi connectivity index (χ2v) is 5.64. The van der Waals surface area contributed by atoms with Gasteiger partial charge in [0.15, 0.2) is 0 Å². The number of hydrogen-bond donors (Lipinski definition) is 2. The molecule has 0 aromatic heterocycles. The number of carbonyl (C=O) groups excluding carboxylic acids is 1. The molecule has 0 bridgehead atoms. The van der Waals surface area contributed by atoms with Gasteiger partial charge < -0.3 is 10.6 Å². The maximum absolute atomic E-state index is 13.6. The van der Waals surface area contributed by atoms with E-state index in [4.69, 9.17) is 0 Å². The van der Waals surface area contributed by atoms with E-state index in [-0.39, 0.29) is 11.6 Å². The van der Waals surface area contributed by atoms with Crippen LogP contribution >= 0.6 is 0 Å². The van der Waals surface area contributed by atoms with Gasteiger partial charge in [-0.25, -0.2) is 4.39 Å². The van der Waals surface area contributed by atoms with Crippen LogP contribution in [0.1, 0.15) is 43.0 Å². The summed E-state index contributed by atoms with van der Waals surface area (Å²) >= 11 is 0. The van der Waals surface area contributed by atoms with E-state index in [0.717, 1.165) is 0 Å². The van der Waals surface area contributed by atoms with Crippen molar-refractivity contribution in [1.82, 2.24) is 5.32 Å². The summed E-state index contributed by atoms with van der Waals surface area (Å²) in [6, 6.07) is 4.56. The van der Waals surface area contributed by atoms with Crippen molar-refractivity contribution in [3.63, 3.8) is 0 Å². The van der Waals surface area contributed by atoms with Gasteiger partial charge in [0, 0.05) is 13.6 Å². The topological polar surface area (TPSA) is 41.1 Å². The average molecular weight is 278 g/mol. The molecule has 110 valence electrons. The normalized spacial score (nSPS) is 22.4. The van der Waals surface area contributed by atoms with Crippen LogP contribution < -0.4 is 10.6 Å². The Bertz CT molecular complexity index is 476. The van der Waals surface area contributed by atoms with Crippen LogP contribution in [0.4, 0.5) is 10.1 Å². The van der Waals surface area contributed by atoms with Gasteiger partial charge in [0.2, 0.25) is 0 Å². The summed E-state index contributed by atoms with van der Waals surface area (Å²) in [4.78, 5) is 12.2. The molecule has 0 heterocycles. The summed E-state index contributed by atoms with van der Waals surface area (Å²) < 4.78 is 13.6. The molecule has 2 atom stereocenters. The lowest BCUT2D eigenvalue weighted by Crippen LogP contribution is -2.33. The molecule has 1 aromatic carbocycles. The van der Waals surface area contributed by atoms with E-state index in [1.54, 1.807) is 19.2 Å². The van der Waals surface area contributed by atoms with Crippen LogP contribution in [0.15, 0.2) is 18.2 Å². The molecule has 0 radical (unpaired) electrons. The Morgan fingerprint density at radius 3 is 2.80 bits per heavy atom. The van der Waals surface area contributed by atoms with Gasteiger partial charge in [-0.2, -0.15) is 0 Å². The van der Waals surface area contributed by atoms with Gasteiger partial charge in [-0.15, -0.1) is 0 Å². The highest BCUT2D eigenvalue weighted by Crippen LogP contribution is 2.29. The monoisotopic (exact) mass is 278 g/mol. The standard InChI is InChI=1S/C16H23FN2O/c1-11-6-3-4-7-12(11)10-19-16(20)13-8-5-9-14(17)15(13)18-2/h5,8-9,11-12,18H,3-4,6-7,10H2,1-2H3,(H,19,20). The van der Waals surface area contributed by atoms with Crippen molar-refractivity contribution in [3.05, 3.63) is 29.6 Å². The Kier molecular flexibility index (Phi) is 4.99. The zero-order valence-corrected chi connectivity index (χ0v) is 12.2. The minimum atomic E-state index is -0.397. The zero-order valence-electron chi connectivity index (χ0n) is 12.2. The molecule has 1 saturated carbocycles. The molecule has 2 N–H and O–H groups in total. The van der Waals surface area contributed by atoms with Crippen molar-refractivity contribution < 1.29 is 9.18 Å². The van der Waals surface area contributed by atoms with Crippen LogP contribution in [0.3, 0.4) is 0 Å². The first-order valence-electron chi connectivity index (χ1n) is 7.38. The Balaban J connectivity index is 2.00. The Labute approximate surface area is 120 Å². The number of halogens is 1. The van der Waals surface area contributed by atoms with Crippen molar-refractivity contribution >= 4 is 11.6 Å². The highest BCUT2D eigenvalue weighted by molar-refractivity contribution is 5.99. The molecule has 3 nitrogen and oxygen atoms in total. The number of hydrogen-bond acceptors (Lipinski definition) is 2. The first-order chi connectivity index (χ1) is 9.63. The number of carbonyl (C=O) groups is 1. The molecule has 1 fully saturated rings. The molecule has 2 rings (SSSR count). The average Bonchev–Trinajstić information content (AvgIpc) is 2.46. The maximum atomic E-state index is 13.6. The third-order valence-corrected chi connectivity index (χ3v) is 4.32. The summed E-state index contributed by atoms with van der Waals surface area (Å²) in [5.74, 6) is 0.595. The van der Waals surface area contributed by atoms with Crippen molar-refractivity contribution in [2.24, 2.45) is 11.8 Å². The number of benzene rings is 1. The first kappa shape index (κ1) is 14.8. The number of rotatable bonds is 4. The fourth-order valence-electron chi connectivity index (χ4n) is 2.98. The van der Waals surface area contributed by atoms with E-state index >= 15 is 0 Å². The Hall–Kier alpha value is -1.58. The zero-order chi connectivity index (χ0) is 14.5. The summed E-state index contributed by atoms with van der Waals surface area (Å²) in [6.07, 6.45) is 4.94. The van der Waals surface area contributed by atoms with Crippen LogP contribution in [0.25, 0.3) is 0 Å². The Morgan fingerprint density at radius 1 is 1.35 bits per heavy atom. The smallest absolute Gasteiger partial charge is 0.253 e. The molecule has 1 aliphatic carbocycles. The van der Waals surface area contributed by atoms with Crippen LogP contribution in [-0.4, -0.2) is 19.5 Å². The molecular weight excluding hydrogens is 255 g/mol. The van der Waals surface area contributed by atoms with Crippen LogP contribution in [0.2, 0.25) is 0 Å². The molecular formula is C16H23FN2O. The lowest BCUT2D eigenvalue weighted by molar-refractivity contribution is 0.0937. The van der Waals surface area contributed by atoms with E-state index in [1.165, 1.54) is 31.7 Å². The minimum Gasteiger partial charge on any atom is -0.385 e. The van der Waals surface area contributed by atoms with E-state index in [0.29, 0.717) is 23.9 Å². The van der Waals surface area contributed by atoms with Crippen LogP contribution in [-0.2, 0) is 0 Å². The van der Waals surface area contributed by atoms with Crippen LogP contribution in [0, 0.1) is 17.7 Å². The number of para-hydroxylation sites is 1. The molecule has 1 amide bonds. The van der Waals surface area contributed by atoms with Crippen molar-refractivity contribution in [3.8, 4) is 0 Å². The first-order valence-corrected chi connectivity index (χ1v) is 7.38. The SMILES string of the molecule is CNc1c(F)cccc1C(=O)NCC1CCCCC1C. The fourth-order valence-corrected chi connectivity index (χ4v) is 2.98. The quantitative estimate of drug-likeness (QED) is 0.886. The lowest BCUT2D eigenvalue weighted by atomic mass is 9.80. The highest BCUT2D eigenvalue weighted by atomic mass is 19.1. The van der Waals surface area contributed by atoms with Crippen LogP contribution in [0.5, 0.6) is 0 Å². The van der Waals surface area contributed by atoms with E-state index in [2.05, 4.69) is 17.6 Å². The number of anilines is 1. The fraction of sp³-hybridized carbons (Fsp3) is 0.562. The van der Waals surface area contributed by atoms with E-state index in [1.807, 2.05) is 0 Å². The van der Waals surface area contributed by atoms with E-state index in [9.17, 15) is 9.18 Å². The largest absolute Gasteiger partial charge is 0.385 e. The highest BCUT2D eigenvalue weighted by Gasteiger charge is 2.22. The second-order valence-electron chi connectivity index (χ2n) is 5.64. The molecule has 4 heteroatoms. The molecule has 1 aromatic rings. The predicted molar refractivity (Wildman–Crippen MR) is 79.4 cm³/mol. The third-order valence-electron chi connectivity index (χ3n) is 4.32. The van der Waals surface area contributed by atoms with Gasteiger partial charge in [-0.05, 0) is 30.4 Å². The lowest BCUT2D eigenvalue weighted by Gasteiger charge is -2.28. The van der Waals surface area contributed by atoms with E-state index < -0.39 is 5.82 Å². The molecule has 0 spiro atoms. The van der Waals surface area contributed by atoms with Crippen molar-refractivity contribution in [1.29, 1.82) is 0 Å². The molecule has 2 unspecified atom stereocenters. The summed E-state index contributed by atoms with van der Waals surface area (Å²) in [5.41, 5.74) is 0.637. The van der Waals surface area contributed by atoms with Crippen molar-refractivity contribution in [2.75, 3.05) is 18.9 Å². The second kappa shape index (κ2) is 6.73. The van der Waals surface area contributed by atoms with Gasteiger partial charge in [-0.1, -0.05) is 32.3 Å². The summed E-state index contributed by atoms with van der Waals surface area (Å²) in [7, 11) is 1.62. The third kappa shape index (κ3) is 3.30. The molecule has 0 aliphatic heterocycles. The Morgan fingerprint density at radius 2 is 2.10 bits per heavy atom. The van der Waals surface area contributed by atoms with Crippen molar-refractivity contribution in [2.45, 2.75) is 32.6 Å². The molecule has 20 heavy (non-hydrogen) atoms. The minimum absolute atomic E-state index is 0.202. The van der Waals surface area contributed by atoms with Gasteiger partial charge in [0.05, 0.1) is 11.3 Å². The summed E-state index contributed by atoms with van der Waals surface area (Å²) in [6.45, 7) is 2.93. The molecule has 1 aliphatic rings. The maximum Gasteiger partial charge on any atom is 0.253 e. The summed E-state index contributed by atoms with van der Waals surface area (Å²) in [5, 5.41) is 5.71. The van der Waals surface area contributed by atoms with Gasteiger partial charge in [-0.3, -0.25) is 4.79 Å².